The van der Waals surface area contributed by atoms with Crippen LogP contribution >= 0.6 is 11.3 Å². The fraction of sp³-hybridized carbons (Fsp3) is 0.176. The maximum absolute atomic E-state index is 12.2. The summed E-state index contributed by atoms with van der Waals surface area (Å²) in [6, 6.07) is 9.01. The Hall–Kier alpha value is -2.80. The Morgan fingerprint density at radius 1 is 1.21 bits per heavy atom. The Balaban J connectivity index is 1.42. The first-order chi connectivity index (χ1) is 11.8. The molecule has 2 aromatic heterocycles. The second-order valence-electron chi connectivity index (χ2n) is 5.20. The summed E-state index contributed by atoms with van der Waals surface area (Å²) in [6.45, 7) is 1.05. The highest BCUT2D eigenvalue weighted by molar-refractivity contribution is 7.13. The summed E-state index contributed by atoms with van der Waals surface area (Å²) in [5, 5.41) is 5.48. The van der Waals surface area contributed by atoms with Gasteiger partial charge in [0.15, 0.2) is 22.3 Å². The molecule has 1 amide bonds. The number of rotatable bonds is 4. The zero-order valence-electron chi connectivity index (χ0n) is 12.7. The van der Waals surface area contributed by atoms with E-state index in [4.69, 9.17) is 13.9 Å². The van der Waals surface area contributed by atoms with Gasteiger partial charge in [0.25, 0.3) is 0 Å². The van der Waals surface area contributed by atoms with E-state index in [0.29, 0.717) is 41.9 Å². The van der Waals surface area contributed by atoms with Crippen LogP contribution in [0.3, 0.4) is 0 Å². The lowest BCUT2D eigenvalue weighted by Crippen LogP contribution is -2.17. The van der Waals surface area contributed by atoms with Crippen LogP contribution in [0.2, 0.25) is 0 Å². The molecule has 1 N–H and O–H groups in total. The van der Waals surface area contributed by atoms with Crippen molar-refractivity contribution in [3.8, 4) is 22.3 Å². The van der Waals surface area contributed by atoms with Crippen LogP contribution in [0, 0.1) is 0 Å². The van der Waals surface area contributed by atoms with E-state index in [1.165, 1.54) is 11.3 Å². The summed E-state index contributed by atoms with van der Waals surface area (Å²) in [5.74, 6) is 1.91. The number of carbonyl (C=O) groups is 1. The van der Waals surface area contributed by atoms with Crippen molar-refractivity contribution in [2.75, 3.05) is 18.5 Å². The Kier molecular flexibility index (Phi) is 3.92. The third-order valence-corrected chi connectivity index (χ3v) is 4.36. The van der Waals surface area contributed by atoms with Crippen molar-refractivity contribution in [3.63, 3.8) is 0 Å². The zero-order chi connectivity index (χ0) is 16.4. The number of furan rings is 1. The van der Waals surface area contributed by atoms with E-state index in [1.807, 2.05) is 17.5 Å². The van der Waals surface area contributed by atoms with E-state index in [-0.39, 0.29) is 12.3 Å². The van der Waals surface area contributed by atoms with Gasteiger partial charge in [0.1, 0.15) is 13.2 Å². The molecule has 3 heterocycles. The van der Waals surface area contributed by atoms with Gasteiger partial charge in [-0.3, -0.25) is 4.79 Å². The van der Waals surface area contributed by atoms with Crippen molar-refractivity contribution in [2.24, 2.45) is 0 Å². The third-order valence-electron chi connectivity index (χ3n) is 3.45. The highest BCUT2D eigenvalue weighted by Gasteiger charge is 2.14. The fourth-order valence-corrected chi connectivity index (χ4v) is 3.18. The third kappa shape index (κ3) is 3.11. The number of amides is 1. The van der Waals surface area contributed by atoms with Crippen molar-refractivity contribution in [1.82, 2.24) is 4.98 Å². The second kappa shape index (κ2) is 6.37. The van der Waals surface area contributed by atoms with Crippen molar-refractivity contribution >= 4 is 22.9 Å². The number of fused-ring (bicyclic) bond motifs is 1. The average molecular weight is 342 g/mol. The molecule has 0 saturated heterocycles. The molecule has 0 aliphatic carbocycles. The predicted molar refractivity (Wildman–Crippen MR) is 89.6 cm³/mol. The topological polar surface area (TPSA) is 73.6 Å². The molecular formula is C17H14N2O4S. The molecule has 3 aromatic rings. The molecule has 24 heavy (non-hydrogen) atoms. The number of hydrogen-bond donors (Lipinski definition) is 1. The van der Waals surface area contributed by atoms with Gasteiger partial charge < -0.3 is 19.2 Å². The molecule has 4 rings (SSSR count). The summed E-state index contributed by atoms with van der Waals surface area (Å²) >= 11 is 1.45. The summed E-state index contributed by atoms with van der Waals surface area (Å²) in [6.07, 6.45) is 1.80. The van der Waals surface area contributed by atoms with E-state index < -0.39 is 0 Å². The van der Waals surface area contributed by atoms with Gasteiger partial charge in [-0.1, -0.05) is 0 Å². The van der Waals surface area contributed by atoms with Crippen molar-refractivity contribution in [2.45, 2.75) is 6.42 Å². The predicted octanol–water partition coefficient (Wildman–Crippen LogP) is 3.36. The highest BCUT2D eigenvalue weighted by Crippen LogP contribution is 2.32. The Morgan fingerprint density at radius 2 is 2.08 bits per heavy atom. The molecule has 0 unspecified atom stereocenters. The number of nitrogens with one attached hydrogen (secondary N) is 1. The maximum Gasteiger partial charge on any atom is 0.230 e. The monoisotopic (exact) mass is 342 g/mol. The fourth-order valence-electron chi connectivity index (χ4n) is 2.39. The maximum atomic E-state index is 12.2. The molecule has 6 nitrogen and oxygen atoms in total. The van der Waals surface area contributed by atoms with Crippen LogP contribution in [0.1, 0.15) is 5.69 Å². The van der Waals surface area contributed by atoms with E-state index >= 15 is 0 Å². The van der Waals surface area contributed by atoms with Gasteiger partial charge in [0, 0.05) is 17.1 Å². The summed E-state index contributed by atoms with van der Waals surface area (Å²) in [5.41, 5.74) is 1.38. The standard InChI is InChI=1S/C17H14N2O4S/c20-16(9-12-10-24-17(19-12)14-2-1-5-21-14)18-11-3-4-13-15(8-11)23-7-6-22-13/h1-5,8,10H,6-7,9H2,(H,18,20). The largest absolute Gasteiger partial charge is 0.486 e. The van der Waals surface area contributed by atoms with Crippen LogP contribution in [0.15, 0.2) is 46.4 Å². The van der Waals surface area contributed by atoms with Gasteiger partial charge in [-0.25, -0.2) is 4.98 Å². The quantitative estimate of drug-likeness (QED) is 0.787. The molecule has 1 aliphatic rings. The number of benzene rings is 1. The minimum Gasteiger partial charge on any atom is -0.486 e. The Bertz CT molecular complexity index is 857. The number of aromatic nitrogens is 1. The summed E-state index contributed by atoms with van der Waals surface area (Å²) in [4.78, 5) is 16.6. The van der Waals surface area contributed by atoms with Crippen LogP contribution < -0.4 is 14.8 Å². The first-order valence-electron chi connectivity index (χ1n) is 7.46. The van der Waals surface area contributed by atoms with Crippen molar-refractivity contribution in [3.05, 3.63) is 47.7 Å². The SMILES string of the molecule is O=C(Cc1csc(-c2ccco2)n1)Nc1ccc2c(c1)OCCO2. The molecule has 0 bridgehead atoms. The molecule has 1 aromatic carbocycles. The van der Waals surface area contributed by atoms with Gasteiger partial charge in [-0.2, -0.15) is 0 Å². The molecule has 0 atom stereocenters. The summed E-state index contributed by atoms with van der Waals surface area (Å²) in [7, 11) is 0. The number of thiazole rings is 1. The zero-order valence-corrected chi connectivity index (χ0v) is 13.5. The van der Waals surface area contributed by atoms with E-state index in [0.717, 1.165) is 5.01 Å². The van der Waals surface area contributed by atoms with E-state index in [1.54, 1.807) is 24.5 Å². The lowest BCUT2D eigenvalue weighted by molar-refractivity contribution is -0.115. The first-order valence-corrected chi connectivity index (χ1v) is 8.34. The molecular weight excluding hydrogens is 328 g/mol. The number of anilines is 1. The van der Waals surface area contributed by atoms with Crippen LogP contribution in [0.4, 0.5) is 5.69 Å². The van der Waals surface area contributed by atoms with Crippen molar-refractivity contribution < 1.29 is 18.7 Å². The minimum absolute atomic E-state index is 0.136. The van der Waals surface area contributed by atoms with Gasteiger partial charge >= 0.3 is 0 Å². The number of ether oxygens (including phenoxy) is 2. The lowest BCUT2D eigenvalue weighted by atomic mass is 10.2. The highest BCUT2D eigenvalue weighted by atomic mass is 32.1. The molecule has 0 fully saturated rings. The van der Waals surface area contributed by atoms with Crippen LogP contribution in [-0.4, -0.2) is 24.1 Å². The smallest absolute Gasteiger partial charge is 0.230 e. The van der Waals surface area contributed by atoms with Crippen LogP contribution in [0.25, 0.3) is 10.8 Å². The lowest BCUT2D eigenvalue weighted by Gasteiger charge is -2.18. The molecule has 0 saturated carbocycles. The van der Waals surface area contributed by atoms with Crippen molar-refractivity contribution in [1.29, 1.82) is 0 Å². The normalized spacial score (nSPS) is 12.8. The molecule has 1 aliphatic heterocycles. The first kappa shape index (κ1) is 14.8. The summed E-state index contributed by atoms with van der Waals surface area (Å²) < 4.78 is 16.3. The van der Waals surface area contributed by atoms with Crippen LogP contribution in [0.5, 0.6) is 11.5 Å². The van der Waals surface area contributed by atoms with E-state index in [2.05, 4.69) is 10.3 Å². The molecule has 7 heteroatoms. The molecule has 0 radical (unpaired) electrons. The Morgan fingerprint density at radius 3 is 2.92 bits per heavy atom. The molecule has 122 valence electrons. The number of nitrogens with zero attached hydrogens (tertiary/aromatic N) is 1. The van der Waals surface area contributed by atoms with Gasteiger partial charge in [0.05, 0.1) is 18.4 Å². The minimum atomic E-state index is -0.136. The van der Waals surface area contributed by atoms with E-state index in [9.17, 15) is 4.79 Å². The number of hydrogen-bond acceptors (Lipinski definition) is 6. The second-order valence-corrected chi connectivity index (χ2v) is 6.06. The van der Waals surface area contributed by atoms with Gasteiger partial charge in [0.2, 0.25) is 5.91 Å². The molecule has 0 spiro atoms. The Labute approximate surface area is 142 Å². The van der Waals surface area contributed by atoms with Gasteiger partial charge in [-0.05, 0) is 24.3 Å². The average Bonchev–Trinajstić information content (AvgIpc) is 3.26. The number of carbonyl (C=O) groups excluding carboxylic acids is 1. The van der Waals surface area contributed by atoms with Gasteiger partial charge in [-0.15, -0.1) is 11.3 Å². The van der Waals surface area contributed by atoms with Crippen LogP contribution in [-0.2, 0) is 11.2 Å².